The molecule has 120 valence electrons. The van der Waals surface area contributed by atoms with Crippen LogP contribution in [0.1, 0.15) is 46.0 Å². The second kappa shape index (κ2) is 7.92. The third-order valence-corrected chi connectivity index (χ3v) is 5.63. The molecule has 6 heteroatoms. The summed E-state index contributed by atoms with van der Waals surface area (Å²) in [7, 11) is 0. The van der Waals surface area contributed by atoms with Crippen molar-refractivity contribution in [3.8, 4) is 0 Å². The minimum Gasteiger partial charge on any atom is -0.356 e. The lowest BCUT2D eigenvalue weighted by Crippen LogP contribution is -2.36. The van der Waals surface area contributed by atoms with E-state index in [1.54, 1.807) is 0 Å². The molecule has 0 spiro atoms. The van der Waals surface area contributed by atoms with E-state index >= 15 is 0 Å². The molecule has 0 aromatic carbocycles. The Morgan fingerprint density at radius 1 is 1.38 bits per heavy atom. The molecule has 2 aliphatic rings. The number of hydrogen-bond donors (Lipinski definition) is 3. The topological polar surface area (TPSA) is 70.2 Å². The smallest absolute Gasteiger partial charge is 0.315 e. The van der Waals surface area contributed by atoms with Crippen molar-refractivity contribution in [2.75, 3.05) is 12.3 Å². The van der Waals surface area contributed by atoms with E-state index in [0.717, 1.165) is 38.0 Å². The molecule has 0 aromatic heterocycles. The fourth-order valence-electron chi connectivity index (χ4n) is 2.86. The van der Waals surface area contributed by atoms with Gasteiger partial charge < -0.3 is 16.0 Å². The molecule has 3 atom stereocenters. The fourth-order valence-corrected chi connectivity index (χ4v) is 4.41. The monoisotopic (exact) mass is 313 g/mol. The molecule has 2 rings (SSSR count). The van der Waals surface area contributed by atoms with E-state index in [9.17, 15) is 9.59 Å². The van der Waals surface area contributed by atoms with Crippen molar-refractivity contribution < 1.29 is 9.59 Å². The van der Waals surface area contributed by atoms with E-state index in [2.05, 4.69) is 29.8 Å². The maximum absolute atomic E-state index is 11.7. The quantitative estimate of drug-likeness (QED) is 0.473. The molecule has 21 heavy (non-hydrogen) atoms. The molecule has 2 saturated heterocycles. The number of fused-ring (bicyclic) bond motifs is 1. The van der Waals surface area contributed by atoms with Crippen LogP contribution in [0.2, 0.25) is 0 Å². The number of thioether (sulfide) groups is 1. The standard InChI is InChI=1S/C15H27N3O2S/c1-10(2)7-8-16-13(19)6-4-3-5-12-14-11(9-21-12)17-15(20)18-14/h10-12,14H,3-9H2,1-2H3,(H,16,19)(H2,17,18,20)/t11-,12-,14+/m0/s1. The average molecular weight is 313 g/mol. The van der Waals surface area contributed by atoms with Crippen LogP contribution in [0.5, 0.6) is 0 Å². The molecule has 3 amide bonds. The molecule has 3 N–H and O–H groups in total. The summed E-state index contributed by atoms with van der Waals surface area (Å²) >= 11 is 1.93. The van der Waals surface area contributed by atoms with Crippen molar-refractivity contribution in [2.24, 2.45) is 5.92 Å². The Kier molecular flexibility index (Phi) is 6.21. The number of urea groups is 1. The summed E-state index contributed by atoms with van der Waals surface area (Å²) in [4.78, 5) is 22.9. The summed E-state index contributed by atoms with van der Waals surface area (Å²) in [6.45, 7) is 5.11. The Hall–Kier alpha value is -0.910. The van der Waals surface area contributed by atoms with Crippen LogP contribution in [0, 0.1) is 5.92 Å². The SMILES string of the molecule is CC(C)CCNC(=O)CCCC[C@@H]1SC[C@@H]2NC(=O)N[C@H]21. The van der Waals surface area contributed by atoms with Crippen LogP contribution in [0.4, 0.5) is 4.79 Å². The molecule has 0 bridgehead atoms. The lowest BCUT2D eigenvalue weighted by Gasteiger charge is -2.16. The van der Waals surface area contributed by atoms with Gasteiger partial charge in [-0.25, -0.2) is 4.79 Å². The van der Waals surface area contributed by atoms with Crippen LogP contribution < -0.4 is 16.0 Å². The van der Waals surface area contributed by atoms with Crippen LogP contribution in [0.3, 0.4) is 0 Å². The maximum Gasteiger partial charge on any atom is 0.315 e. The highest BCUT2D eigenvalue weighted by molar-refractivity contribution is 8.00. The predicted molar refractivity (Wildman–Crippen MR) is 86.4 cm³/mol. The summed E-state index contributed by atoms with van der Waals surface area (Å²) in [5, 5.41) is 9.43. The van der Waals surface area contributed by atoms with E-state index in [4.69, 9.17) is 0 Å². The van der Waals surface area contributed by atoms with Crippen molar-refractivity contribution in [1.29, 1.82) is 0 Å². The molecule has 2 heterocycles. The van der Waals surface area contributed by atoms with Crippen LogP contribution >= 0.6 is 11.8 Å². The van der Waals surface area contributed by atoms with Crippen LogP contribution in [0.15, 0.2) is 0 Å². The highest BCUT2D eigenvalue weighted by atomic mass is 32.2. The van der Waals surface area contributed by atoms with Gasteiger partial charge in [0.05, 0.1) is 12.1 Å². The zero-order valence-electron chi connectivity index (χ0n) is 13.0. The largest absolute Gasteiger partial charge is 0.356 e. The number of carbonyl (C=O) groups is 2. The Bertz CT molecular complexity index is 376. The van der Waals surface area contributed by atoms with Gasteiger partial charge in [0, 0.05) is 24.0 Å². The summed E-state index contributed by atoms with van der Waals surface area (Å²) < 4.78 is 0. The van der Waals surface area contributed by atoms with E-state index < -0.39 is 0 Å². The van der Waals surface area contributed by atoms with Crippen LogP contribution in [-0.4, -0.2) is 41.6 Å². The highest BCUT2D eigenvalue weighted by Gasteiger charge is 2.42. The Morgan fingerprint density at radius 3 is 2.95 bits per heavy atom. The number of amides is 3. The number of carbonyl (C=O) groups excluding carboxylic acids is 2. The van der Waals surface area contributed by atoms with Crippen molar-refractivity contribution in [3.63, 3.8) is 0 Å². The molecule has 0 saturated carbocycles. The minimum atomic E-state index is -0.0279. The number of rotatable bonds is 8. The zero-order chi connectivity index (χ0) is 15.2. The van der Waals surface area contributed by atoms with E-state index in [1.165, 1.54) is 0 Å². The molecule has 2 aliphatic heterocycles. The first-order chi connectivity index (χ1) is 10.1. The van der Waals surface area contributed by atoms with Crippen LogP contribution in [-0.2, 0) is 4.79 Å². The summed E-state index contributed by atoms with van der Waals surface area (Å²) in [5.41, 5.74) is 0. The van der Waals surface area contributed by atoms with Gasteiger partial charge in [-0.2, -0.15) is 11.8 Å². The van der Waals surface area contributed by atoms with Gasteiger partial charge in [-0.1, -0.05) is 20.3 Å². The normalized spacial score (nSPS) is 27.4. The lowest BCUT2D eigenvalue weighted by atomic mass is 10.0. The lowest BCUT2D eigenvalue weighted by molar-refractivity contribution is -0.121. The van der Waals surface area contributed by atoms with Gasteiger partial charge in [0.2, 0.25) is 5.91 Å². The van der Waals surface area contributed by atoms with Gasteiger partial charge in [-0.05, 0) is 25.2 Å². The maximum atomic E-state index is 11.7. The summed E-state index contributed by atoms with van der Waals surface area (Å²) in [6.07, 6.45) is 4.72. The van der Waals surface area contributed by atoms with Gasteiger partial charge >= 0.3 is 6.03 Å². The Morgan fingerprint density at radius 2 is 2.19 bits per heavy atom. The third kappa shape index (κ3) is 5.09. The second-order valence-corrected chi connectivity index (χ2v) is 7.67. The van der Waals surface area contributed by atoms with Crippen LogP contribution in [0.25, 0.3) is 0 Å². The van der Waals surface area contributed by atoms with Gasteiger partial charge in [0.1, 0.15) is 0 Å². The van der Waals surface area contributed by atoms with Gasteiger partial charge in [0.25, 0.3) is 0 Å². The van der Waals surface area contributed by atoms with Crippen molar-refractivity contribution in [1.82, 2.24) is 16.0 Å². The van der Waals surface area contributed by atoms with E-state index in [0.29, 0.717) is 23.6 Å². The Labute approximate surface area is 131 Å². The van der Waals surface area contributed by atoms with Gasteiger partial charge in [-0.15, -0.1) is 0 Å². The van der Waals surface area contributed by atoms with Crippen molar-refractivity contribution >= 4 is 23.7 Å². The van der Waals surface area contributed by atoms with Crippen molar-refractivity contribution in [3.05, 3.63) is 0 Å². The molecule has 2 fully saturated rings. The number of nitrogens with one attached hydrogen (secondary N) is 3. The first-order valence-corrected chi connectivity index (χ1v) is 9.06. The number of hydrogen-bond acceptors (Lipinski definition) is 3. The molecule has 0 unspecified atom stereocenters. The first kappa shape index (κ1) is 16.5. The third-order valence-electron chi connectivity index (χ3n) is 4.12. The minimum absolute atomic E-state index is 0.0279. The summed E-state index contributed by atoms with van der Waals surface area (Å²) in [6, 6.07) is 0.550. The van der Waals surface area contributed by atoms with Crippen molar-refractivity contribution in [2.45, 2.75) is 63.3 Å². The van der Waals surface area contributed by atoms with E-state index in [-0.39, 0.29) is 18.0 Å². The molecule has 0 radical (unpaired) electrons. The second-order valence-electron chi connectivity index (χ2n) is 6.40. The molecular weight excluding hydrogens is 286 g/mol. The Balaban J connectivity index is 1.54. The molecule has 0 aromatic rings. The fraction of sp³-hybridized carbons (Fsp3) is 0.867. The molecular formula is C15H27N3O2S. The molecule has 5 nitrogen and oxygen atoms in total. The number of unbranched alkanes of at least 4 members (excludes halogenated alkanes) is 1. The van der Waals surface area contributed by atoms with E-state index in [1.807, 2.05) is 11.8 Å². The first-order valence-electron chi connectivity index (χ1n) is 8.01. The van der Waals surface area contributed by atoms with Gasteiger partial charge in [-0.3, -0.25) is 4.79 Å². The predicted octanol–water partition coefficient (Wildman–Crippen LogP) is 1.87. The average Bonchev–Trinajstić information content (AvgIpc) is 2.94. The highest BCUT2D eigenvalue weighted by Crippen LogP contribution is 2.33. The zero-order valence-corrected chi connectivity index (χ0v) is 13.8. The van der Waals surface area contributed by atoms with Gasteiger partial charge in [0.15, 0.2) is 0 Å². The molecule has 0 aliphatic carbocycles. The summed E-state index contributed by atoms with van der Waals surface area (Å²) in [5.74, 6) is 1.81.